The van der Waals surface area contributed by atoms with E-state index in [1.165, 1.54) is 31.4 Å². The van der Waals surface area contributed by atoms with Crippen LogP contribution in [0.3, 0.4) is 0 Å². The van der Waals surface area contributed by atoms with E-state index < -0.39 is 43.2 Å². The molecule has 0 bridgehead atoms. The van der Waals surface area contributed by atoms with Crippen LogP contribution in [0.2, 0.25) is 0 Å². The number of likely N-dealkylation sites (tertiary alicyclic amines) is 1. The Morgan fingerprint density at radius 2 is 1.78 bits per heavy atom. The van der Waals surface area contributed by atoms with Gasteiger partial charge in [-0.25, -0.2) is 0 Å². The molecule has 0 aromatic heterocycles. The number of alkyl halides is 6. The molecule has 1 aliphatic heterocycles. The lowest BCUT2D eigenvalue weighted by Crippen LogP contribution is -2.52. The number of amides is 1. The molecule has 128 valence electrons. The second kappa shape index (κ2) is 5.61. The highest BCUT2D eigenvalue weighted by Crippen LogP contribution is 2.55. The topological polar surface area (TPSA) is 29.5 Å². The van der Waals surface area contributed by atoms with E-state index in [2.05, 4.69) is 0 Å². The zero-order valence-corrected chi connectivity index (χ0v) is 12.0. The lowest BCUT2D eigenvalue weighted by molar-refractivity contribution is -0.334. The SMILES string of the molecule is COc1cccc(C(=O)N2CCC(C(F)(F)F)(C(F)(F)F)C2)c1. The van der Waals surface area contributed by atoms with Crippen LogP contribution >= 0.6 is 0 Å². The molecule has 1 aromatic carbocycles. The van der Waals surface area contributed by atoms with Gasteiger partial charge in [-0.1, -0.05) is 6.07 Å². The minimum absolute atomic E-state index is 0.0236. The summed E-state index contributed by atoms with van der Waals surface area (Å²) in [6.45, 7) is -2.05. The number of ether oxygens (including phenoxy) is 1. The van der Waals surface area contributed by atoms with Crippen molar-refractivity contribution in [3.8, 4) is 5.75 Å². The van der Waals surface area contributed by atoms with Crippen LogP contribution in [0.1, 0.15) is 16.8 Å². The van der Waals surface area contributed by atoms with Gasteiger partial charge < -0.3 is 9.64 Å². The van der Waals surface area contributed by atoms with Gasteiger partial charge in [-0.15, -0.1) is 0 Å². The molecule has 1 aromatic rings. The maximum Gasteiger partial charge on any atom is 0.404 e. The third-order valence-corrected chi connectivity index (χ3v) is 3.96. The molecule has 0 N–H and O–H groups in total. The fourth-order valence-electron chi connectivity index (χ4n) is 2.55. The average molecular weight is 341 g/mol. The summed E-state index contributed by atoms with van der Waals surface area (Å²) >= 11 is 0. The summed E-state index contributed by atoms with van der Waals surface area (Å²) < 4.78 is 82.8. The molecule has 0 atom stereocenters. The predicted octanol–water partition coefficient (Wildman–Crippen LogP) is 3.65. The van der Waals surface area contributed by atoms with Gasteiger partial charge in [0, 0.05) is 18.7 Å². The Bertz CT molecular complexity index is 582. The second-order valence-corrected chi connectivity index (χ2v) is 5.29. The van der Waals surface area contributed by atoms with Gasteiger partial charge >= 0.3 is 12.4 Å². The normalized spacial score (nSPS) is 18.1. The number of carbonyl (C=O) groups is 1. The van der Waals surface area contributed by atoms with Crippen LogP contribution in [0.5, 0.6) is 5.75 Å². The van der Waals surface area contributed by atoms with Crippen LogP contribution in [0.25, 0.3) is 0 Å². The van der Waals surface area contributed by atoms with Crippen LogP contribution in [0, 0.1) is 5.41 Å². The van der Waals surface area contributed by atoms with E-state index >= 15 is 0 Å². The molecule has 1 heterocycles. The molecule has 1 aliphatic rings. The van der Waals surface area contributed by atoms with E-state index in [1.807, 2.05) is 0 Å². The molecule has 1 fully saturated rings. The smallest absolute Gasteiger partial charge is 0.404 e. The van der Waals surface area contributed by atoms with Crippen molar-refractivity contribution in [1.29, 1.82) is 0 Å². The van der Waals surface area contributed by atoms with Gasteiger partial charge in [-0.05, 0) is 24.6 Å². The number of nitrogens with zero attached hydrogens (tertiary/aromatic N) is 1. The molecule has 0 spiro atoms. The highest BCUT2D eigenvalue weighted by Gasteiger charge is 2.72. The first-order valence-corrected chi connectivity index (χ1v) is 6.58. The quantitative estimate of drug-likeness (QED) is 0.769. The molecule has 23 heavy (non-hydrogen) atoms. The average Bonchev–Trinajstić information content (AvgIpc) is 2.92. The Labute approximate surface area is 127 Å². The number of carbonyl (C=O) groups excluding carboxylic acids is 1. The van der Waals surface area contributed by atoms with Gasteiger partial charge in [-0.3, -0.25) is 4.79 Å². The Morgan fingerprint density at radius 3 is 2.26 bits per heavy atom. The fraction of sp³-hybridized carbons (Fsp3) is 0.500. The number of hydrogen-bond acceptors (Lipinski definition) is 2. The summed E-state index contributed by atoms with van der Waals surface area (Å²) in [5.41, 5.74) is -3.90. The highest BCUT2D eigenvalue weighted by atomic mass is 19.4. The number of halogens is 6. The van der Waals surface area contributed by atoms with Crippen molar-refractivity contribution in [2.45, 2.75) is 18.8 Å². The largest absolute Gasteiger partial charge is 0.497 e. The molecule has 0 aliphatic carbocycles. The van der Waals surface area contributed by atoms with E-state index in [4.69, 9.17) is 4.74 Å². The van der Waals surface area contributed by atoms with Crippen molar-refractivity contribution in [3.63, 3.8) is 0 Å². The monoisotopic (exact) mass is 341 g/mol. The molecule has 0 saturated carbocycles. The Hall–Kier alpha value is -1.93. The molecule has 1 amide bonds. The highest BCUT2D eigenvalue weighted by molar-refractivity contribution is 5.94. The number of benzene rings is 1. The Balaban J connectivity index is 2.29. The van der Waals surface area contributed by atoms with Crippen molar-refractivity contribution in [2.24, 2.45) is 5.41 Å². The van der Waals surface area contributed by atoms with Gasteiger partial charge in [0.2, 0.25) is 0 Å². The molecular formula is C14H13F6NO2. The third kappa shape index (κ3) is 2.96. The predicted molar refractivity (Wildman–Crippen MR) is 68.1 cm³/mol. The Kier molecular flexibility index (Phi) is 4.25. The van der Waals surface area contributed by atoms with Gasteiger partial charge in [0.25, 0.3) is 5.91 Å². The zero-order valence-electron chi connectivity index (χ0n) is 12.0. The van der Waals surface area contributed by atoms with Gasteiger partial charge in [0.05, 0.1) is 7.11 Å². The first-order chi connectivity index (χ1) is 10.5. The molecule has 1 saturated heterocycles. The summed E-state index contributed by atoms with van der Waals surface area (Å²) in [4.78, 5) is 12.8. The van der Waals surface area contributed by atoms with Crippen LogP contribution in [0.15, 0.2) is 24.3 Å². The van der Waals surface area contributed by atoms with Crippen molar-refractivity contribution >= 4 is 5.91 Å². The third-order valence-electron chi connectivity index (χ3n) is 3.96. The lowest BCUT2D eigenvalue weighted by Gasteiger charge is -2.33. The van der Waals surface area contributed by atoms with Gasteiger partial charge in [-0.2, -0.15) is 26.3 Å². The molecule has 3 nitrogen and oxygen atoms in total. The minimum Gasteiger partial charge on any atom is -0.497 e. The van der Waals surface area contributed by atoms with E-state index in [9.17, 15) is 31.1 Å². The zero-order chi connectivity index (χ0) is 17.5. The summed E-state index contributed by atoms with van der Waals surface area (Å²) in [6, 6.07) is 5.52. The molecule has 0 unspecified atom stereocenters. The fourth-order valence-corrected chi connectivity index (χ4v) is 2.55. The van der Waals surface area contributed by atoms with Crippen LogP contribution < -0.4 is 4.74 Å². The molecule has 9 heteroatoms. The molecular weight excluding hydrogens is 328 g/mol. The summed E-state index contributed by atoms with van der Waals surface area (Å²) in [5, 5.41) is 0. The first-order valence-electron chi connectivity index (χ1n) is 6.58. The maximum absolute atomic E-state index is 13.0. The van der Waals surface area contributed by atoms with E-state index in [-0.39, 0.29) is 11.3 Å². The molecule has 0 radical (unpaired) electrons. The van der Waals surface area contributed by atoms with Crippen LogP contribution in [0.4, 0.5) is 26.3 Å². The standard InChI is InChI=1S/C14H13F6NO2/c1-23-10-4-2-3-9(7-10)11(22)21-6-5-12(8-21,13(15,16)17)14(18,19)20/h2-4,7H,5-6,8H2,1H3. The van der Waals surface area contributed by atoms with Crippen LogP contribution in [-0.4, -0.2) is 43.4 Å². The first kappa shape index (κ1) is 17.4. The van der Waals surface area contributed by atoms with Crippen molar-refractivity contribution < 1.29 is 35.9 Å². The van der Waals surface area contributed by atoms with E-state index in [1.54, 1.807) is 0 Å². The van der Waals surface area contributed by atoms with Gasteiger partial charge in [0.15, 0.2) is 5.41 Å². The molecule has 2 rings (SSSR count). The minimum atomic E-state index is -5.48. The van der Waals surface area contributed by atoms with E-state index in [0.717, 1.165) is 0 Å². The number of methoxy groups -OCH3 is 1. The lowest BCUT2D eigenvalue weighted by atomic mass is 9.85. The summed E-state index contributed by atoms with van der Waals surface area (Å²) in [7, 11) is 1.33. The number of rotatable bonds is 2. The van der Waals surface area contributed by atoms with E-state index in [0.29, 0.717) is 4.90 Å². The maximum atomic E-state index is 13.0. The summed E-state index contributed by atoms with van der Waals surface area (Å²) in [5.74, 6) is -0.604. The van der Waals surface area contributed by atoms with Crippen molar-refractivity contribution in [2.75, 3.05) is 20.2 Å². The van der Waals surface area contributed by atoms with Crippen molar-refractivity contribution in [3.05, 3.63) is 29.8 Å². The van der Waals surface area contributed by atoms with Gasteiger partial charge in [0.1, 0.15) is 5.75 Å². The summed E-state index contributed by atoms with van der Waals surface area (Å²) in [6.07, 6.45) is -12.2. The van der Waals surface area contributed by atoms with Crippen molar-refractivity contribution in [1.82, 2.24) is 4.90 Å². The Morgan fingerprint density at radius 1 is 1.17 bits per heavy atom. The second-order valence-electron chi connectivity index (χ2n) is 5.29. The number of hydrogen-bond donors (Lipinski definition) is 0. The van der Waals surface area contributed by atoms with Crippen LogP contribution in [-0.2, 0) is 0 Å².